The molecule has 2 aromatic heterocycles. The lowest BCUT2D eigenvalue weighted by Crippen LogP contribution is -2.24. The third-order valence-electron chi connectivity index (χ3n) is 4.64. The van der Waals surface area contributed by atoms with Crippen LogP contribution >= 0.6 is 23.1 Å². The Balaban J connectivity index is 1.86. The summed E-state index contributed by atoms with van der Waals surface area (Å²) in [6, 6.07) is 8.93. The van der Waals surface area contributed by atoms with E-state index >= 15 is 0 Å². The number of fused-ring (bicyclic) bond motifs is 1. The molecule has 0 atom stereocenters. The van der Waals surface area contributed by atoms with Gasteiger partial charge < -0.3 is 5.32 Å². The molecule has 0 aliphatic heterocycles. The first-order valence-corrected chi connectivity index (χ1v) is 11.2. The molecular formula is C21H22N4O2S2. The van der Waals surface area contributed by atoms with E-state index in [2.05, 4.69) is 18.3 Å². The van der Waals surface area contributed by atoms with E-state index in [0.29, 0.717) is 28.3 Å². The summed E-state index contributed by atoms with van der Waals surface area (Å²) in [6.45, 7) is 6.59. The number of rotatable bonds is 7. The Labute approximate surface area is 177 Å². The van der Waals surface area contributed by atoms with Crippen LogP contribution in [0.25, 0.3) is 10.2 Å². The smallest absolute Gasteiger partial charge is 0.263 e. The van der Waals surface area contributed by atoms with Gasteiger partial charge in [-0.3, -0.25) is 14.2 Å². The lowest BCUT2D eigenvalue weighted by Gasteiger charge is -2.12. The van der Waals surface area contributed by atoms with E-state index in [1.54, 1.807) is 28.8 Å². The monoisotopic (exact) mass is 426 g/mol. The van der Waals surface area contributed by atoms with Gasteiger partial charge in [0.2, 0.25) is 5.91 Å². The number of benzene rings is 1. The highest BCUT2D eigenvalue weighted by Crippen LogP contribution is 2.28. The summed E-state index contributed by atoms with van der Waals surface area (Å²) in [5.41, 5.74) is 1.84. The van der Waals surface area contributed by atoms with Gasteiger partial charge in [0.15, 0.2) is 5.16 Å². The molecule has 0 bridgehead atoms. The van der Waals surface area contributed by atoms with Crippen molar-refractivity contribution in [3.05, 3.63) is 50.6 Å². The number of aromatic nitrogens is 2. The van der Waals surface area contributed by atoms with E-state index in [9.17, 15) is 9.59 Å². The van der Waals surface area contributed by atoms with Crippen molar-refractivity contribution >= 4 is 44.9 Å². The van der Waals surface area contributed by atoms with E-state index in [-0.39, 0.29) is 17.2 Å². The number of thiophene rings is 1. The molecule has 29 heavy (non-hydrogen) atoms. The van der Waals surface area contributed by atoms with E-state index < -0.39 is 0 Å². The second-order valence-corrected chi connectivity index (χ2v) is 8.81. The quantitative estimate of drug-likeness (QED) is 0.445. The summed E-state index contributed by atoms with van der Waals surface area (Å²) < 4.78 is 1.69. The third-order valence-corrected chi connectivity index (χ3v) is 6.72. The Morgan fingerprint density at radius 1 is 1.34 bits per heavy atom. The van der Waals surface area contributed by atoms with Gasteiger partial charge in [0.05, 0.1) is 22.4 Å². The van der Waals surface area contributed by atoms with Crippen LogP contribution in [0.4, 0.5) is 5.69 Å². The molecule has 150 valence electrons. The Hall–Kier alpha value is -2.63. The van der Waals surface area contributed by atoms with Crippen LogP contribution in [-0.4, -0.2) is 21.2 Å². The van der Waals surface area contributed by atoms with Crippen LogP contribution in [0.5, 0.6) is 0 Å². The molecule has 0 saturated heterocycles. The number of nitriles is 1. The minimum Gasteiger partial charge on any atom is -0.324 e. The average molecular weight is 427 g/mol. The fraction of sp³-hybridized carbons (Fsp3) is 0.333. The van der Waals surface area contributed by atoms with Gasteiger partial charge >= 0.3 is 0 Å². The predicted molar refractivity (Wildman–Crippen MR) is 119 cm³/mol. The molecule has 0 saturated carbocycles. The van der Waals surface area contributed by atoms with Gasteiger partial charge in [-0.15, -0.1) is 11.3 Å². The van der Waals surface area contributed by atoms with Crippen molar-refractivity contribution < 1.29 is 4.79 Å². The van der Waals surface area contributed by atoms with E-state index in [0.717, 1.165) is 28.1 Å². The molecule has 2 heterocycles. The van der Waals surface area contributed by atoms with Gasteiger partial charge in [-0.1, -0.05) is 37.2 Å². The lowest BCUT2D eigenvalue weighted by atomic mass is 10.2. The largest absolute Gasteiger partial charge is 0.324 e. The number of thioether (sulfide) groups is 1. The second-order valence-electron chi connectivity index (χ2n) is 6.66. The number of nitrogens with one attached hydrogen (secondary N) is 1. The topological polar surface area (TPSA) is 87.8 Å². The van der Waals surface area contributed by atoms with Gasteiger partial charge in [0.1, 0.15) is 10.9 Å². The van der Waals surface area contributed by atoms with Crippen molar-refractivity contribution in [2.45, 2.75) is 45.3 Å². The number of carbonyl (C=O) groups excluding carboxylic acids is 1. The van der Waals surface area contributed by atoms with E-state index in [1.165, 1.54) is 23.1 Å². The number of aryl methyl sites for hydroxylation is 2. The molecule has 1 aromatic carbocycles. The molecule has 0 spiro atoms. The number of hydrogen-bond donors (Lipinski definition) is 1. The van der Waals surface area contributed by atoms with Crippen molar-refractivity contribution in [3.8, 4) is 6.07 Å². The molecule has 3 aromatic rings. The van der Waals surface area contributed by atoms with Crippen LogP contribution in [0.15, 0.2) is 34.2 Å². The van der Waals surface area contributed by atoms with Crippen molar-refractivity contribution in [2.75, 3.05) is 11.1 Å². The standard InChI is InChI=1S/C21H22N4O2S2/c1-4-5-10-25-20(27)18-13(2)14(3)29-19(18)24-21(25)28-12-17(26)23-16-9-7-6-8-15(16)11-22/h6-9H,4-5,10,12H2,1-3H3,(H,23,26). The summed E-state index contributed by atoms with van der Waals surface area (Å²) in [6.07, 6.45) is 1.83. The first kappa shape index (κ1) is 21.1. The first-order chi connectivity index (χ1) is 14.0. The van der Waals surface area contributed by atoms with Crippen LogP contribution < -0.4 is 10.9 Å². The second kappa shape index (κ2) is 9.25. The summed E-state index contributed by atoms with van der Waals surface area (Å²) in [7, 11) is 0. The Bertz CT molecular complexity index is 1160. The predicted octanol–water partition coefficient (Wildman–Crippen LogP) is 4.48. The highest BCUT2D eigenvalue weighted by Gasteiger charge is 2.17. The number of para-hydroxylation sites is 1. The maximum absolute atomic E-state index is 13.1. The van der Waals surface area contributed by atoms with Crippen molar-refractivity contribution in [2.24, 2.45) is 0 Å². The number of hydrogen-bond acceptors (Lipinski definition) is 6. The normalized spacial score (nSPS) is 10.8. The minimum atomic E-state index is -0.243. The first-order valence-electron chi connectivity index (χ1n) is 9.38. The zero-order valence-electron chi connectivity index (χ0n) is 16.6. The van der Waals surface area contributed by atoms with Crippen LogP contribution in [0.2, 0.25) is 0 Å². The maximum Gasteiger partial charge on any atom is 0.263 e. The van der Waals surface area contributed by atoms with Gasteiger partial charge in [-0.05, 0) is 38.0 Å². The van der Waals surface area contributed by atoms with E-state index in [4.69, 9.17) is 10.2 Å². The summed E-state index contributed by atoms with van der Waals surface area (Å²) in [5.74, 6) is -0.139. The average Bonchev–Trinajstić information content (AvgIpc) is 3.00. The van der Waals surface area contributed by atoms with E-state index in [1.807, 2.05) is 13.8 Å². The number of carbonyl (C=O) groups is 1. The van der Waals surface area contributed by atoms with Crippen LogP contribution in [0.1, 0.15) is 35.8 Å². The van der Waals surface area contributed by atoms with Gasteiger partial charge in [-0.2, -0.15) is 5.26 Å². The SMILES string of the molecule is CCCCn1c(SCC(=O)Nc2ccccc2C#N)nc2sc(C)c(C)c2c1=O. The number of nitrogens with zero attached hydrogens (tertiary/aromatic N) is 3. The number of amides is 1. The van der Waals surface area contributed by atoms with Gasteiger partial charge in [0, 0.05) is 11.4 Å². The Morgan fingerprint density at radius 2 is 2.10 bits per heavy atom. The van der Waals surface area contributed by atoms with Crippen molar-refractivity contribution in [1.29, 1.82) is 5.26 Å². The molecule has 0 aliphatic carbocycles. The van der Waals surface area contributed by atoms with Gasteiger partial charge in [-0.25, -0.2) is 4.98 Å². The zero-order valence-corrected chi connectivity index (χ0v) is 18.2. The molecule has 0 fully saturated rings. The summed E-state index contributed by atoms with van der Waals surface area (Å²) in [4.78, 5) is 32.0. The highest BCUT2D eigenvalue weighted by molar-refractivity contribution is 7.99. The molecular weight excluding hydrogens is 404 g/mol. The Morgan fingerprint density at radius 3 is 2.83 bits per heavy atom. The minimum absolute atomic E-state index is 0.0389. The number of unbranched alkanes of at least 4 members (excludes halogenated alkanes) is 1. The maximum atomic E-state index is 13.1. The highest BCUT2D eigenvalue weighted by atomic mass is 32.2. The van der Waals surface area contributed by atoms with Crippen molar-refractivity contribution in [1.82, 2.24) is 9.55 Å². The summed E-state index contributed by atoms with van der Waals surface area (Å²) >= 11 is 2.75. The Kier molecular flexibility index (Phi) is 6.72. The molecule has 8 heteroatoms. The lowest BCUT2D eigenvalue weighted by molar-refractivity contribution is -0.113. The zero-order chi connectivity index (χ0) is 21.0. The van der Waals surface area contributed by atoms with Crippen LogP contribution in [0.3, 0.4) is 0 Å². The molecule has 6 nitrogen and oxygen atoms in total. The van der Waals surface area contributed by atoms with Crippen molar-refractivity contribution in [3.63, 3.8) is 0 Å². The molecule has 0 unspecified atom stereocenters. The fourth-order valence-corrected chi connectivity index (χ4v) is 4.83. The summed E-state index contributed by atoms with van der Waals surface area (Å²) in [5, 5.41) is 13.2. The van der Waals surface area contributed by atoms with Crippen LogP contribution in [-0.2, 0) is 11.3 Å². The molecule has 3 rings (SSSR count). The van der Waals surface area contributed by atoms with Gasteiger partial charge in [0.25, 0.3) is 5.56 Å². The number of anilines is 1. The molecule has 1 amide bonds. The molecule has 0 radical (unpaired) electrons. The fourth-order valence-electron chi connectivity index (χ4n) is 2.94. The third kappa shape index (κ3) is 4.52. The molecule has 1 N–H and O–H groups in total. The van der Waals surface area contributed by atoms with Crippen LogP contribution in [0, 0.1) is 25.2 Å². The molecule has 0 aliphatic rings.